The monoisotopic (exact) mass is 497 g/mol. The number of benzene rings is 2. The first kappa shape index (κ1) is 23.5. The van der Waals surface area contributed by atoms with Gasteiger partial charge < -0.3 is 19.1 Å². The minimum atomic E-state index is -1.15. The normalized spacial score (nSPS) is 17.0. The van der Waals surface area contributed by atoms with Gasteiger partial charge in [-0.1, -0.05) is 24.3 Å². The van der Waals surface area contributed by atoms with E-state index in [1.807, 2.05) is 0 Å². The first-order chi connectivity index (χ1) is 17.4. The van der Waals surface area contributed by atoms with Gasteiger partial charge in [0, 0.05) is 18.8 Å². The first-order valence-electron chi connectivity index (χ1n) is 11.1. The summed E-state index contributed by atoms with van der Waals surface area (Å²) in [5, 5.41) is 1.76. The van der Waals surface area contributed by atoms with Crippen LogP contribution in [0.5, 0.6) is 5.75 Å². The van der Waals surface area contributed by atoms with Crippen LogP contribution in [0, 0.1) is 11.6 Å². The van der Waals surface area contributed by atoms with E-state index >= 15 is 0 Å². The molecule has 1 saturated heterocycles. The Balaban J connectivity index is 1.76. The molecule has 2 aromatic carbocycles. The molecule has 0 N–H and O–H groups in total. The quantitative estimate of drug-likeness (QED) is 0.512. The Hall–Kier alpha value is -4.25. The van der Waals surface area contributed by atoms with Crippen LogP contribution in [0.3, 0.4) is 0 Å². The summed E-state index contributed by atoms with van der Waals surface area (Å²) in [7, 11) is 1.08. The number of hydrogen-bond acceptors (Lipinski definition) is 7. The van der Waals surface area contributed by atoms with E-state index < -0.39 is 47.1 Å². The van der Waals surface area contributed by atoms with Gasteiger partial charge in [-0.2, -0.15) is 0 Å². The van der Waals surface area contributed by atoms with Gasteiger partial charge in [0.25, 0.3) is 5.91 Å². The van der Waals surface area contributed by atoms with E-state index in [1.54, 1.807) is 29.3 Å². The Bertz CT molecular complexity index is 1310. The Morgan fingerprint density at radius 3 is 2.19 bits per heavy atom. The molecule has 2 aliphatic heterocycles. The van der Waals surface area contributed by atoms with E-state index in [0.717, 1.165) is 13.2 Å². The number of methoxy groups -OCH3 is 1. The fourth-order valence-corrected chi connectivity index (χ4v) is 4.53. The number of hydrogen-bond donors (Lipinski definition) is 0. The van der Waals surface area contributed by atoms with Crippen molar-refractivity contribution in [2.45, 2.75) is 12.2 Å². The van der Waals surface area contributed by atoms with Gasteiger partial charge in [-0.15, -0.1) is 0 Å². The van der Waals surface area contributed by atoms with Gasteiger partial charge in [0.2, 0.25) is 11.2 Å². The highest BCUT2D eigenvalue weighted by molar-refractivity contribution is 5.97. The number of carbonyl (C=O) groups excluding carboxylic acids is 2. The summed E-state index contributed by atoms with van der Waals surface area (Å²) in [5.74, 6) is -1.90. The zero-order chi connectivity index (χ0) is 25.4. The topological polar surface area (TPSA) is 90.3 Å². The number of nitrogens with zero attached hydrogens (tertiary/aromatic N) is 3. The lowest BCUT2D eigenvalue weighted by molar-refractivity contribution is -0.0197. The molecule has 0 unspecified atom stereocenters. The molecule has 9 nitrogen and oxygen atoms in total. The van der Waals surface area contributed by atoms with Crippen LogP contribution >= 0.6 is 0 Å². The zero-order valence-corrected chi connectivity index (χ0v) is 19.1. The van der Waals surface area contributed by atoms with Crippen molar-refractivity contribution in [1.29, 1.82) is 0 Å². The summed E-state index contributed by atoms with van der Waals surface area (Å²) < 4.78 is 44.4. The van der Waals surface area contributed by atoms with Crippen LogP contribution in [-0.2, 0) is 9.47 Å². The summed E-state index contributed by atoms with van der Waals surface area (Å²) in [6.45, 7) is 0.599. The third-order valence-corrected chi connectivity index (χ3v) is 6.14. The van der Waals surface area contributed by atoms with Crippen molar-refractivity contribution in [1.82, 2.24) is 9.58 Å². The molecule has 11 heteroatoms. The number of morpholine rings is 1. The summed E-state index contributed by atoms with van der Waals surface area (Å²) in [6, 6.07) is 12.0. The lowest BCUT2D eigenvalue weighted by Gasteiger charge is -2.51. The summed E-state index contributed by atoms with van der Waals surface area (Å²) in [5.41, 5.74) is 0.387. The van der Waals surface area contributed by atoms with Crippen molar-refractivity contribution < 1.29 is 32.6 Å². The van der Waals surface area contributed by atoms with E-state index in [1.165, 1.54) is 40.0 Å². The number of carbonyl (C=O) groups is 2. The van der Waals surface area contributed by atoms with Gasteiger partial charge in [-0.25, -0.2) is 13.6 Å². The maximum atomic E-state index is 13.8. The Morgan fingerprint density at radius 2 is 1.61 bits per heavy atom. The highest BCUT2D eigenvalue weighted by atomic mass is 19.1. The fraction of sp³-hybridized carbons (Fsp3) is 0.240. The molecule has 5 rings (SSSR count). The van der Waals surface area contributed by atoms with Gasteiger partial charge in [-0.05, 0) is 35.4 Å². The zero-order valence-electron chi connectivity index (χ0n) is 19.1. The second-order valence-electron chi connectivity index (χ2n) is 8.20. The average Bonchev–Trinajstić information content (AvgIpc) is 2.89. The lowest BCUT2D eigenvalue weighted by Crippen LogP contribution is -2.66. The highest BCUT2D eigenvalue weighted by Gasteiger charge is 2.45. The maximum Gasteiger partial charge on any atom is 0.513 e. The molecule has 1 atom stereocenters. The van der Waals surface area contributed by atoms with E-state index in [2.05, 4.69) is 4.74 Å². The number of amides is 1. The van der Waals surface area contributed by atoms with Crippen LogP contribution in [0.2, 0.25) is 0 Å². The number of fused-ring (bicyclic) bond motifs is 2. The van der Waals surface area contributed by atoms with Gasteiger partial charge in [-0.3, -0.25) is 19.3 Å². The minimum Gasteiger partial charge on any atom is -0.437 e. The van der Waals surface area contributed by atoms with E-state index in [9.17, 15) is 23.2 Å². The third-order valence-electron chi connectivity index (χ3n) is 6.14. The second kappa shape index (κ2) is 9.42. The summed E-state index contributed by atoms with van der Waals surface area (Å²) in [4.78, 5) is 39.7. The van der Waals surface area contributed by atoms with Crippen LogP contribution in [-0.4, -0.2) is 54.7 Å². The van der Waals surface area contributed by atoms with Gasteiger partial charge >= 0.3 is 6.16 Å². The molecule has 0 spiro atoms. The van der Waals surface area contributed by atoms with Crippen molar-refractivity contribution in [3.05, 3.63) is 99.5 Å². The molecule has 1 aromatic heterocycles. The van der Waals surface area contributed by atoms with Crippen LogP contribution in [0.1, 0.15) is 27.7 Å². The van der Waals surface area contributed by atoms with Crippen molar-refractivity contribution in [2.24, 2.45) is 0 Å². The lowest BCUT2D eigenvalue weighted by atomic mass is 9.96. The molecule has 3 heterocycles. The van der Waals surface area contributed by atoms with Gasteiger partial charge in [0.1, 0.15) is 17.8 Å². The fourth-order valence-electron chi connectivity index (χ4n) is 4.53. The largest absolute Gasteiger partial charge is 0.513 e. The predicted molar refractivity (Wildman–Crippen MR) is 122 cm³/mol. The van der Waals surface area contributed by atoms with Crippen LogP contribution in [0.15, 0.2) is 65.6 Å². The summed E-state index contributed by atoms with van der Waals surface area (Å²) in [6.07, 6.45) is -0.406. The van der Waals surface area contributed by atoms with E-state index in [4.69, 9.17) is 9.47 Å². The van der Waals surface area contributed by atoms with Crippen LogP contribution in [0.25, 0.3) is 0 Å². The molecular formula is C25H21F2N3O6. The minimum absolute atomic E-state index is 0.128. The Morgan fingerprint density at radius 1 is 1.00 bits per heavy atom. The molecular weight excluding hydrogens is 476 g/mol. The van der Waals surface area contributed by atoms with E-state index in [-0.39, 0.29) is 25.5 Å². The number of rotatable bonds is 4. The standard InChI is InChI=1S/C25H21F2N3O6/c1-34-25(33)36-23-19(31)10-11-29-22(23)24(32)28-12-13-35-14-20(28)30(29)21(15-2-6-17(26)7-3-15)16-4-8-18(27)9-5-16/h2-11,20-21H,12-14H2,1H3/t20-/m1/s1. The van der Waals surface area contributed by atoms with Crippen LogP contribution < -0.4 is 15.2 Å². The van der Waals surface area contributed by atoms with Crippen molar-refractivity contribution in [3.63, 3.8) is 0 Å². The third kappa shape index (κ3) is 4.07. The van der Waals surface area contributed by atoms with Crippen molar-refractivity contribution in [3.8, 4) is 5.75 Å². The molecule has 0 bridgehead atoms. The molecule has 36 heavy (non-hydrogen) atoms. The molecule has 0 aliphatic carbocycles. The summed E-state index contributed by atoms with van der Waals surface area (Å²) >= 11 is 0. The van der Waals surface area contributed by atoms with Gasteiger partial charge in [0.05, 0.1) is 26.4 Å². The smallest absolute Gasteiger partial charge is 0.437 e. The Kier molecular flexibility index (Phi) is 6.15. The SMILES string of the molecule is COC(=O)Oc1c2n(ccc1=O)N(C(c1ccc(F)cc1)c1ccc(F)cc1)[C@@H]1COCCN1C2=O. The molecule has 3 aromatic rings. The molecule has 186 valence electrons. The predicted octanol–water partition coefficient (Wildman–Crippen LogP) is 2.81. The molecule has 2 aliphatic rings. The average molecular weight is 497 g/mol. The van der Waals surface area contributed by atoms with E-state index in [0.29, 0.717) is 11.1 Å². The highest BCUT2D eigenvalue weighted by Crippen LogP contribution is 2.36. The van der Waals surface area contributed by atoms with Gasteiger partial charge in [0.15, 0.2) is 5.69 Å². The molecule has 1 amide bonds. The number of ether oxygens (including phenoxy) is 3. The van der Waals surface area contributed by atoms with Crippen LogP contribution in [0.4, 0.5) is 13.6 Å². The number of halogens is 2. The molecule has 0 saturated carbocycles. The number of aromatic nitrogens is 1. The molecule has 0 radical (unpaired) electrons. The Labute approximate surface area is 204 Å². The number of pyridine rings is 1. The first-order valence-corrected chi connectivity index (χ1v) is 11.1. The second-order valence-corrected chi connectivity index (χ2v) is 8.20. The van der Waals surface area contributed by atoms with Crippen molar-refractivity contribution in [2.75, 3.05) is 31.9 Å². The van der Waals surface area contributed by atoms with Crippen molar-refractivity contribution >= 4 is 12.1 Å². The maximum absolute atomic E-state index is 13.8. The molecule has 1 fully saturated rings.